The number of thiazole rings is 1. The minimum absolute atomic E-state index is 0.0811. The van der Waals surface area contributed by atoms with Crippen molar-refractivity contribution in [1.29, 1.82) is 0 Å². The van der Waals surface area contributed by atoms with Crippen LogP contribution in [0.15, 0.2) is 6.20 Å². The van der Waals surface area contributed by atoms with Crippen molar-refractivity contribution in [2.75, 3.05) is 0 Å². The molecule has 0 bridgehead atoms. The van der Waals surface area contributed by atoms with Crippen LogP contribution in [-0.2, 0) is 16.0 Å². The van der Waals surface area contributed by atoms with Crippen LogP contribution in [0.25, 0.3) is 0 Å². The van der Waals surface area contributed by atoms with E-state index in [-0.39, 0.29) is 18.4 Å². The van der Waals surface area contributed by atoms with E-state index >= 15 is 0 Å². The number of hydrogen-bond donors (Lipinski definition) is 2. The molecule has 1 saturated heterocycles. The first-order valence-corrected chi connectivity index (χ1v) is 5.81. The summed E-state index contributed by atoms with van der Waals surface area (Å²) in [4.78, 5) is 27.2. The number of carbonyl (C=O) groups excluding carboxylic acids is 1. The minimum atomic E-state index is -0.912. The fourth-order valence-electron chi connectivity index (χ4n) is 1.88. The van der Waals surface area contributed by atoms with E-state index in [1.54, 1.807) is 6.20 Å². The highest BCUT2D eigenvalue weighted by Crippen LogP contribution is 2.23. The number of aryl methyl sites for hydroxylation is 1. The van der Waals surface area contributed by atoms with Crippen LogP contribution in [0, 0.1) is 12.8 Å². The molecule has 0 radical (unpaired) electrons. The second-order valence-corrected chi connectivity index (χ2v) is 5.19. The predicted molar refractivity (Wildman–Crippen MR) is 58.2 cm³/mol. The van der Waals surface area contributed by atoms with Gasteiger partial charge in [-0.05, 0) is 6.92 Å². The molecule has 1 aliphatic heterocycles. The topological polar surface area (TPSA) is 79.3 Å². The zero-order chi connectivity index (χ0) is 11.7. The van der Waals surface area contributed by atoms with Gasteiger partial charge < -0.3 is 10.4 Å². The van der Waals surface area contributed by atoms with Crippen LogP contribution in [0.5, 0.6) is 0 Å². The Morgan fingerprint density at radius 3 is 3.06 bits per heavy atom. The summed E-state index contributed by atoms with van der Waals surface area (Å²) in [6, 6.07) is -0.301. The first kappa shape index (κ1) is 11.1. The maximum Gasteiger partial charge on any atom is 0.309 e. The van der Waals surface area contributed by atoms with Gasteiger partial charge in [-0.15, -0.1) is 11.3 Å². The maximum absolute atomic E-state index is 11.2. The van der Waals surface area contributed by atoms with Crippen LogP contribution < -0.4 is 5.32 Å². The number of hydrogen-bond acceptors (Lipinski definition) is 4. The lowest BCUT2D eigenvalue weighted by atomic mass is 9.98. The lowest BCUT2D eigenvalue weighted by Gasteiger charge is -2.13. The van der Waals surface area contributed by atoms with E-state index in [1.165, 1.54) is 11.3 Å². The number of carboxylic acids is 1. The van der Waals surface area contributed by atoms with Gasteiger partial charge in [0.05, 0.1) is 10.9 Å². The van der Waals surface area contributed by atoms with Gasteiger partial charge in [-0.3, -0.25) is 9.59 Å². The molecule has 0 spiro atoms. The lowest BCUT2D eigenvalue weighted by molar-refractivity contribution is -0.142. The minimum Gasteiger partial charge on any atom is -0.481 e. The number of nitrogens with one attached hydrogen (secondary N) is 1. The van der Waals surface area contributed by atoms with Crippen LogP contribution in [-0.4, -0.2) is 28.0 Å². The monoisotopic (exact) mass is 240 g/mol. The molecule has 1 aromatic rings. The summed E-state index contributed by atoms with van der Waals surface area (Å²) in [5.41, 5.74) is 0. The van der Waals surface area contributed by atoms with Crippen molar-refractivity contribution in [2.24, 2.45) is 5.92 Å². The van der Waals surface area contributed by atoms with Crippen LogP contribution in [0.3, 0.4) is 0 Å². The second-order valence-electron chi connectivity index (χ2n) is 3.87. The third kappa shape index (κ3) is 2.21. The van der Waals surface area contributed by atoms with Crippen molar-refractivity contribution in [3.8, 4) is 0 Å². The summed E-state index contributed by atoms with van der Waals surface area (Å²) in [6.45, 7) is 1.90. The fraction of sp³-hybridized carbons (Fsp3) is 0.500. The number of amides is 1. The third-order valence-electron chi connectivity index (χ3n) is 2.64. The van der Waals surface area contributed by atoms with E-state index in [4.69, 9.17) is 5.11 Å². The highest BCUT2D eigenvalue weighted by atomic mass is 32.1. The molecule has 86 valence electrons. The fourth-order valence-corrected chi connectivity index (χ4v) is 2.73. The van der Waals surface area contributed by atoms with Crippen LogP contribution in [0.1, 0.15) is 16.3 Å². The third-order valence-corrected chi connectivity index (χ3v) is 3.58. The van der Waals surface area contributed by atoms with E-state index in [0.29, 0.717) is 6.42 Å². The van der Waals surface area contributed by atoms with Gasteiger partial charge in [0.15, 0.2) is 0 Å². The van der Waals surface area contributed by atoms with E-state index in [1.807, 2.05) is 6.92 Å². The summed E-state index contributed by atoms with van der Waals surface area (Å²) >= 11 is 1.53. The van der Waals surface area contributed by atoms with Gasteiger partial charge in [-0.2, -0.15) is 0 Å². The molecule has 2 unspecified atom stereocenters. The smallest absolute Gasteiger partial charge is 0.309 e. The normalized spacial score (nSPS) is 24.4. The molecule has 16 heavy (non-hydrogen) atoms. The Balaban J connectivity index is 2.08. The molecular weight excluding hydrogens is 228 g/mol. The van der Waals surface area contributed by atoms with Crippen molar-refractivity contribution in [3.63, 3.8) is 0 Å². The Morgan fingerprint density at radius 1 is 1.75 bits per heavy atom. The van der Waals surface area contributed by atoms with Gasteiger partial charge in [0.1, 0.15) is 0 Å². The molecule has 2 N–H and O–H groups in total. The second kappa shape index (κ2) is 4.21. The molecule has 6 heteroatoms. The summed E-state index contributed by atoms with van der Waals surface area (Å²) in [5, 5.41) is 12.6. The average Bonchev–Trinajstić information content (AvgIpc) is 2.74. The van der Waals surface area contributed by atoms with Gasteiger partial charge in [0, 0.05) is 30.0 Å². The molecule has 2 rings (SSSR count). The van der Waals surface area contributed by atoms with E-state index in [0.717, 1.165) is 9.88 Å². The maximum atomic E-state index is 11.2. The molecule has 1 amide bonds. The molecular formula is C10H12N2O3S. The standard InChI is InChI=1S/C10H12N2O3S/c1-5-11-4-6(16-5)2-8-7(10(14)15)3-9(13)12-8/h4,7-8H,2-3H2,1H3,(H,12,13)(H,14,15). The molecule has 5 nitrogen and oxygen atoms in total. The summed E-state index contributed by atoms with van der Waals surface area (Å²) in [6.07, 6.45) is 2.37. The van der Waals surface area contributed by atoms with Gasteiger partial charge in [-0.25, -0.2) is 4.98 Å². The predicted octanol–water partition coefficient (Wildman–Crippen LogP) is 0.583. The summed E-state index contributed by atoms with van der Waals surface area (Å²) in [7, 11) is 0. The number of aromatic nitrogens is 1. The Morgan fingerprint density at radius 2 is 2.50 bits per heavy atom. The molecule has 2 heterocycles. The number of rotatable bonds is 3. The van der Waals surface area contributed by atoms with Gasteiger partial charge >= 0.3 is 5.97 Å². The number of carboxylic acid groups (broad SMARTS) is 1. The van der Waals surface area contributed by atoms with Crippen LogP contribution >= 0.6 is 11.3 Å². The van der Waals surface area contributed by atoms with Gasteiger partial charge in [0.25, 0.3) is 0 Å². The molecule has 1 fully saturated rings. The summed E-state index contributed by atoms with van der Waals surface area (Å²) < 4.78 is 0. The van der Waals surface area contributed by atoms with E-state index < -0.39 is 11.9 Å². The Labute approximate surface area is 96.5 Å². The molecule has 1 aromatic heterocycles. The highest BCUT2D eigenvalue weighted by Gasteiger charge is 2.37. The van der Waals surface area contributed by atoms with E-state index in [9.17, 15) is 9.59 Å². The lowest BCUT2D eigenvalue weighted by Crippen LogP contribution is -2.34. The molecule has 0 saturated carbocycles. The van der Waals surface area contributed by atoms with Crippen LogP contribution in [0.2, 0.25) is 0 Å². The van der Waals surface area contributed by atoms with Crippen molar-refractivity contribution < 1.29 is 14.7 Å². The highest BCUT2D eigenvalue weighted by molar-refractivity contribution is 7.11. The SMILES string of the molecule is Cc1ncc(CC2NC(=O)CC2C(=O)O)s1. The Bertz CT molecular complexity index is 429. The number of carbonyl (C=O) groups is 2. The zero-order valence-corrected chi connectivity index (χ0v) is 9.58. The van der Waals surface area contributed by atoms with Crippen LogP contribution in [0.4, 0.5) is 0 Å². The largest absolute Gasteiger partial charge is 0.481 e. The molecule has 2 atom stereocenters. The van der Waals surface area contributed by atoms with Gasteiger partial charge in [0.2, 0.25) is 5.91 Å². The quantitative estimate of drug-likeness (QED) is 0.810. The van der Waals surface area contributed by atoms with Crippen molar-refractivity contribution >= 4 is 23.2 Å². The molecule has 1 aliphatic rings. The van der Waals surface area contributed by atoms with Crippen molar-refractivity contribution in [3.05, 3.63) is 16.1 Å². The number of aliphatic carboxylic acids is 1. The van der Waals surface area contributed by atoms with Crippen molar-refractivity contribution in [1.82, 2.24) is 10.3 Å². The van der Waals surface area contributed by atoms with Gasteiger partial charge in [-0.1, -0.05) is 0 Å². The summed E-state index contributed by atoms with van der Waals surface area (Å²) in [5.74, 6) is -1.71. The first-order chi connectivity index (χ1) is 7.56. The molecule has 0 aromatic carbocycles. The molecule has 0 aliphatic carbocycles. The first-order valence-electron chi connectivity index (χ1n) is 4.99. The van der Waals surface area contributed by atoms with E-state index in [2.05, 4.69) is 10.3 Å². The average molecular weight is 240 g/mol. The Kier molecular flexibility index (Phi) is 2.91. The zero-order valence-electron chi connectivity index (χ0n) is 8.77. The number of nitrogens with zero attached hydrogens (tertiary/aromatic N) is 1. The van der Waals surface area contributed by atoms with Crippen molar-refractivity contribution in [2.45, 2.75) is 25.8 Å². The Hall–Kier alpha value is -1.43.